The third kappa shape index (κ3) is 4.78. The summed E-state index contributed by atoms with van der Waals surface area (Å²) in [6.45, 7) is 2.11. The molecule has 1 heteroatoms. The van der Waals surface area contributed by atoms with Gasteiger partial charge in [-0.1, -0.05) is 149 Å². The van der Waals surface area contributed by atoms with Gasteiger partial charge in [0.05, 0.1) is 0 Å². The van der Waals surface area contributed by atoms with Crippen molar-refractivity contribution < 1.29 is 0 Å². The first-order valence-corrected chi connectivity index (χ1v) is 13.1. The van der Waals surface area contributed by atoms with Crippen LogP contribution in [-0.4, -0.2) is 5.33 Å². The molecule has 0 nitrogen and oxygen atoms in total. The normalized spacial score (nSPS) is 12.6. The molecular weight excluding hydrogens is 488 g/mol. The molecule has 2 aliphatic carbocycles. The highest BCUT2D eigenvalue weighted by atomic mass is 79.9. The van der Waals surface area contributed by atoms with Crippen LogP contribution < -0.4 is 0 Å². The van der Waals surface area contributed by atoms with E-state index in [0.717, 1.165) is 5.33 Å². The molecule has 35 heavy (non-hydrogen) atoms. The minimum atomic E-state index is 0.866. The van der Waals surface area contributed by atoms with Crippen molar-refractivity contribution in [2.45, 2.75) is 6.92 Å². The molecule has 0 bridgehead atoms. The monoisotopic (exact) mass is 514 g/mol. The predicted octanol–water partition coefficient (Wildman–Crippen LogP) is 9.62. The van der Waals surface area contributed by atoms with Crippen molar-refractivity contribution in [2.75, 3.05) is 5.33 Å². The largest absolute Gasteiger partial charge is 0.0883 e. The third-order valence-corrected chi connectivity index (χ3v) is 6.78. The van der Waals surface area contributed by atoms with Crippen molar-refractivity contribution in [3.8, 4) is 0 Å². The molecule has 0 aliphatic heterocycles. The molecule has 0 unspecified atom stereocenters. The maximum absolute atomic E-state index is 3.52. The van der Waals surface area contributed by atoms with E-state index in [-0.39, 0.29) is 0 Å². The van der Waals surface area contributed by atoms with Crippen LogP contribution in [0.4, 0.5) is 0 Å². The molecular formula is C34H27Br. The maximum atomic E-state index is 3.52. The fourth-order valence-electron chi connectivity index (χ4n) is 4.81. The third-order valence-electron chi connectivity index (χ3n) is 6.46. The Balaban J connectivity index is 0.000000145. The summed E-state index contributed by atoms with van der Waals surface area (Å²) >= 11 is 3.52. The van der Waals surface area contributed by atoms with Crippen LogP contribution in [0.5, 0.6) is 0 Å². The standard InChI is InChI=1S/C17H13Br.C17H14/c18-12-11-17-15-7-3-1-5-13(15)9-10-14-6-2-4-8-16(14)17;1-2-15-16-9-5-3-7-13(16)11-12-14-8-4-6-10-17(14)15/h1-11H,12H2;2-12H,1H3. The summed E-state index contributed by atoms with van der Waals surface area (Å²) < 4.78 is 0. The number of hydrogen-bond donors (Lipinski definition) is 0. The highest BCUT2D eigenvalue weighted by Crippen LogP contribution is 2.34. The van der Waals surface area contributed by atoms with Crippen LogP contribution in [0.2, 0.25) is 0 Å². The van der Waals surface area contributed by atoms with Crippen LogP contribution in [-0.2, 0) is 0 Å². The zero-order valence-corrected chi connectivity index (χ0v) is 21.4. The summed E-state index contributed by atoms with van der Waals surface area (Å²) in [5.74, 6) is 0. The van der Waals surface area contributed by atoms with Gasteiger partial charge in [0.1, 0.15) is 0 Å². The van der Waals surface area contributed by atoms with E-state index in [1.165, 1.54) is 55.7 Å². The van der Waals surface area contributed by atoms with E-state index in [9.17, 15) is 0 Å². The zero-order valence-electron chi connectivity index (χ0n) is 19.8. The van der Waals surface area contributed by atoms with Crippen molar-refractivity contribution in [3.63, 3.8) is 0 Å². The Labute approximate surface area is 216 Å². The van der Waals surface area contributed by atoms with Gasteiger partial charge in [-0.15, -0.1) is 0 Å². The van der Waals surface area contributed by atoms with Crippen molar-refractivity contribution in [1.82, 2.24) is 0 Å². The van der Waals surface area contributed by atoms with Gasteiger partial charge in [0.15, 0.2) is 0 Å². The van der Waals surface area contributed by atoms with Gasteiger partial charge < -0.3 is 0 Å². The van der Waals surface area contributed by atoms with Crippen molar-refractivity contribution in [2.24, 2.45) is 0 Å². The maximum Gasteiger partial charge on any atom is 0.0221 e. The number of fused-ring (bicyclic) bond motifs is 4. The van der Waals surface area contributed by atoms with Crippen LogP contribution in [0.15, 0.2) is 109 Å². The Morgan fingerprint density at radius 2 is 0.800 bits per heavy atom. The van der Waals surface area contributed by atoms with E-state index in [0.29, 0.717) is 0 Å². The molecule has 0 saturated heterocycles. The molecule has 0 amide bonds. The van der Waals surface area contributed by atoms with E-state index in [1.807, 2.05) is 0 Å². The van der Waals surface area contributed by atoms with Gasteiger partial charge in [-0.2, -0.15) is 0 Å². The van der Waals surface area contributed by atoms with Gasteiger partial charge in [-0.05, 0) is 62.6 Å². The van der Waals surface area contributed by atoms with E-state index < -0.39 is 0 Å². The van der Waals surface area contributed by atoms with Crippen molar-refractivity contribution in [1.29, 1.82) is 0 Å². The molecule has 0 spiro atoms. The Morgan fingerprint density at radius 1 is 0.486 bits per heavy atom. The molecule has 4 aromatic rings. The predicted molar refractivity (Wildman–Crippen MR) is 157 cm³/mol. The summed E-state index contributed by atoms with van der Waals surface area (Å²) in [4.78, 5) is 0. The van der Waals surface area contributed by atoms with E-state index in [2.05, 4.69) is 156 Å². The minimum Gasteiger partial charge on any atom is -0.0883 e. The van der Waals surface area contributed by atoms with Crippen molar-refractivity contribution >= 4 is 51.4 Å². The summed E-state index contributed by atoms with van der Waals surface area (Å²) in [5, 5.41) is 0.866. The number of halogens is 1. The Kier molecular flexibility index (Phi) is 7.07. The fourth-order valence-corrected chi connectivity index (χ4v) is 5.13. The van der Waals surface area contributed by atoms with Crippen molar-refractivity contribution in [3.05, 3.63) is 154 Å². The number of allylic oxidation sites excluding steroid dienone is 2. The summed E-state index contributed by atoms with van der Waals surface area (Å²) in [6, 6.07) is 34.2. The molecule has 170 valence electrons. The second-order valence-electron chi connectivity index (χ2n) is 8.49. The summed E-state index contributed by atoms with van der Waals surface area (Å²) in [7, 11) is 0. The summed E-state index contributed by atoms with van der Waals surface area (Å²) in [5.41, 5.74) is 13.0. The van der Waals surface area contributed by atoms with Gasteiger partial charge in [-0.25, -0.2) is 0 Å². The molecule has 4 aromatic carbocycles. The smallest absolute Gasteiger partial charge is 0.0221 e. The Bertz CT molecular complexity index is 1380. The SMILES string of the molecule is BrCC=C1c2ccccc2C=Cc2ccccc21.CC=C1c2ccccc2C=Cc2ccccc21. The molecule has 0 saturated carbocycles. The fraction of sp³-hybridized carbons (Fsp3) is 0.0588. The van der Waals surface area contributed by atoms with Crippen LogP contribution in [0, 0.1) is 0 Å². The number of alkyl halides is 1. The number of benzene rings is 4. The van der Waals surface area contributed by atoms with Crippen LogP contribution >= 0.6 is 15.9 Å². The van der Waals surface area contributed by atoms with Gasteiger partial charge in [0.2, 0.25) is 0 Å². The summed E-state index contributed by atoms with van der Waals surface area (Å²) in [6.07, 6.45) is 13.2. The average Bonchev–Trinajstić information content (AvgIpc) is 3.18. The Hall–Kier alpha value is -3.68. The van der Waals surface area contributed by atoms with Crippen LogP contribution in [0.25, 0.3) is 35.5 Å². The molecule has 0 heterocycles. The molecule has 0 atom stereocenters. The molecule has 0 fully saturated rings. The number of hydrogen-bond acceptors (Lipinski definition) is 0. The second-order valence-corrected chi connectivity index (χ2v) is 9.14. The highest BCUT2D eigenvalue weighted by Gasteiger charge is 2.14. The first kappa shape index (κ1) is 23.1. The molecule has 2 aliphatic rings. The van der Waals surface area contributed by atoms with Crippen LogP contribution in [0.1, 0.15) is 51.4 Å². The highest BCUT2D eigenvalue weighted by molar-refractivity contribution is 9.09. The molecule has 0 radical (unpaired) electrons. The molecule has 0 aromatic heterocycles. The molecule has 6 rings (SSSR count). The lowest BCUT2D eigenvalue weighted by Gasteiger charge is -2.11. The van der Waals surface area contributed by atoms with Gasteiger partial charge in [0, 0.05) is 5.33 Å². The lowest BCUT2D eigenvalue weighted by Crippen LogP contribution is -1.92. The van der Waals surface area contributed by atoms with Gasteiger partial charge in [-0.3, -0.25) is 0 Å². The lowest BCUT2D eigenvalue weighted by atomic mass is 9.93. The first-order valence-electron chi connectivity index (χ1n) is 12.0. The first-order chi connectivity index (χ1) is 17.3. The molecule has 0 N–H and O–H groups in total. The number of rotatable bonds is 1. The minimum absolute atomic E-state index is 0.866. The van der Waals surface area contributed by atoms with Gasteiger partial charge in [0.25, 0.3) is 0 Å². The average molecular weight is 515 g/mol. The quantitative estimate of drug-likeness (QED) is 0.191. The van der Waals surface area contributed by atoms with E-state index in [1.54, 1.807) is 0 Å². The van der Waals surface area contributed by atoms with E-state index >= 15 is 0 Å². The lowest BCUT2D eigenvalue weighted by molar-refractivity contribution is 1.51. The Morgan fingerprint density at radius 3 is 1.11 bits per heavy atom. The van der Waals surface area contributed by atoms with E-state index in [4.69, 9.17) is 0 Å². The van der Waals surface area contributed by atoms with Crippen LogP contribution in [0.3, 0.4) is 0 Å². The topological polar surface area (TPSA) is 0 Å². The second kappa shape index (κ2) is 10.7. The van der Waals surface area contributed by atoms with Gasteiger partial charge >= 0.3 is 0 Å². The zero-order chi connectivity index (χ0) is 24.0.